The molecule has 1 unspecified atom stereocenters. The molecule has 0 aromatic heterocycles. The number of anilines is 2. The van der Waals surface area contributed by atoms with Crippen LogP contribution in [0, 0.1) is 0 Å². The third-order valence-electron chi connectivity index (χ3n) is 3.97. The molecule has 0 aliphatic carbocycles. The van der Waals surface area contributed by atoms with Gasteiger partial charge in [0.1, 0.15) is 0 Å². The van der Waals surface area contributed by atoms with Gasteiger partial charge in [-0.25, -0.2) is 0 Å². The van der Waals surface area contributed by atoms with E-state index in [1.54, 1.807) is 4.90 Å². The number of halogens is 1. The summed E-state index contributed by atoms with van der Waals surface area (Å²) in [6, 6.07) is 7.78. The lowest BCUT2D eigenvalue weighted by atomic mass is 10.2. The van der Waals surface area contributed by atoms with Crippen LogP contribution in [0.15, 0.2) is 24.3 Å². The monoisotopic (exact) mass is 355 g/mol. The third-order valence-corrected chi connectivity index (χ3v) is 5.10. The second-order valence-electron chi connectivity index (χ2n) is 5.64. The summed E-state index contributed by atoms with van der Waals surface area (Å²) in [5, 5.41) is 6.34. The summed E-state index contributed by atoms with van der Waals surface area (Å²) in [6.45, 7) is 1.69. The predicted octanol–water partition coefficient (Wildman–Crippen LogP) is 2.27. The largest absolute Gasteiger partial charge is 0.324 e. The van der Waals surface area contributed by atoms with Crippen LogP contribution in [0.4, 0.5) is 11.4 Å². The molecule has 2 fully saturated rings. The molecule has 23 heavy (non-hydrogen) atoms. The summed E-state index contributed by atoms with van der Waals surface area (Å²) in [7, 11) is 0. The maximum atomic E-state index is 12.3. The molecule has 7 heteroatoms. The molecule has 2 heterocycles. The number of hydrogen-bond donors (Lipinski definition) is 2. The number of nitrogens with one attached hydrogen (secondary N) is 2. The Kier molecular flexibility index (Phi) is 6.74. The Labute approximate surface area is 147 Å². The summed E-state index contributed by atoms with van der Waals surface area (Å²) in [4.78, 5) is 26.0. The number of benzene rings is 1. The molecule has 2 aliphatic rings. The molecule has 1 aromatic rings. The van der Waals surface area contributed by atoms with Gasteiger partial charge in [0.2, 0.25) is 11.8 Å². The molecule has 0 bridgehead atoms. The molecule has 0 spiro atoms. The van der Waals surface area contributed by atoms with E-state index in [-0.39, 0.29) is 30.3 Å². The van der Waals surface area contributed by atoms with Gasteiger partial charge in [-0.3, -0.25) is 9.59 Å². The number of rotatable bonds is 4. The Bertz CT molecular complexity index is 564. The maximum absolute atomic E-state index is 12.3. The second-order valence-corrected chi connectivity index (χ2v) is 6.79. The first kappa shape index (κ1) is 18.1. The fourth-order valence-corrected chi connectivity index (χ4v) is 3.84. The average Bonchev–Trinajstić information content (AvgIpc) is 2.95. The standard InChI is InChI=1S/C16H21N3O2S.ClH/c20-15(10-12-11-22-9-7-17-12)18-13-4-1-2-5-14(13)19-8-3-6-16(19)21;/h1-2,4-5,12,17H,3,6-11H2,(H,18,20);1H. The first-order valence-corrected chi connectivity index (χ1v) is 8.90. The number of hydrogen-bond acceptors (Lipinski definition) is 4. The van der Waals surface area contributed by atoms with E-state index in [9.17, 15) is 9.59 Å². The van der Waals surface area contributed by atoms with Crippen LogP contribution in [0.25, 0.3) is 0 Å². The molecule has 2 saturated heterocycles. The van der Waals surface area contributed by atoms with Crippen LogP contribution in [0.3, 0.4) is 0 Å². The smallest absolute Gasteiger partial charge is 0.227 e. The van der Waals surface area contributed by atoms with E-state index in [0.717, 1.165) is 42.4 Å². The summed E-state index contributed by atoms with van der Waals surface area (Å²) in [5.41, 5.74) is 1.54. The highest BCUT2D eigenvalue weighted by atomic mass is 35.5. The number of carbonyl (C=O) groups is 2. The van der Waals surface area contributed by atoms with Gasteiger partial charge in [0.05, 0.1) is 11.4 Å². The summed E-state index contributed by atoms with van der Waals surface area (Å²) in [6.07, 6.45) is 1.94. The van der Waals surface area contributed by atoms with Crippen molar-refractivity contribution < 1.29 is 9.59 Å². The highest BCUT2D eigenvalue weighted by Crippen LogP contribution is 2.29. The van der Waals surface area contributed by atoms with Crippen molar-refractivity contribution in [1.29, 1.82) is 0 Å². The molecule has 5 nitrogen and oxygen atoms in total. The van der Waals surface area contributed by atoms with Crippen LogP contribution in [0.5, 0.6) is 0 Å². The lowest BCUT2D eigenvalue weighted by Crippen LogP contribution is -2.40. The molecule has 126 valence electrons. The molecule has 2 amide bonds. The van der Waals surface area contributed by atoms with Crippen molar-refractivity contribution in [2.24, 2.45) is 0 Å². The molecule has 1 atom stereocenters. The van der Waals surface area contributed by atoms with Gasteiger partial charge < -0.3 is 15.5 Å². The minimum Gasteiger partial charge on any atom is -0.324 e. The van der Waals surface area contributed by atoms with Crippen molar-refractivity contribution in [1.82, 2.24) is 5.32 Å². The molecule has 2 aliphatic heterocycles. The van der Waals surface area contributed by atoms with Crippen molar-refractivity contribution in [2.75, 3.05) is 34.8 Å². The molecule has 0 radical (unpaired) electrons. The number of thioether (sulfide) groups is 1. The van der Waals surface area contributed by atoms with Gasteiger partial charge in [0.25, 0.3) is 0 Å². The van der Waals surface area contributed by atoms with Gasteiger partial charge in [-0.1, -0.05) is 12.1 Å². The molecule has 1 aromatic carbocycles. The fraction of sp³-hybridized carbons (Fsp3) is 0.500. The zero-order chi connectivity index (χ0) is 15.4. The molecule has 3 rings (SSSR count). The molecular weight excluding hydrogens is 334 g/mol. The van der Waals surface area contributed by atoms with Crippen molar-refractivity contribution in [3.63, 3.8) is 0 Å². The Morgan fingerprint density at radius 2 is 2.22 bits per heavy atom. The first-order valence-electron chi connectivity index (χ1n) is 7.74. The lowest BCUT2D eigenvalue weighted by Gasteiger charge is -2.23. The number of carbonyl (C=O) groups excluding carboxylic acids is 2. The van der Waals surface area contributed by atoms with Crippen molar-refractivity contribution >= 4 is 47.4 Å². The van der Waals surface area contributed by atoms with Crippen LogP contribution in [0.1, 0.15) is 19.3 Å². The van der Waals surface area contributed by atoms with Crippen molar-refractivity contribution in [3.05, 3.63) is 24.3 Å². The van der Waals surface area contributed by atoms with Gasteiger partial charge >= 0.3 is 0 Å². The van der Waals surface area contributed by atoms with Crippen LogP contribution >= 0.6 is 24.2 Å². The maximum Gasteiger partial charge on any atom is 0.227 e. The Hall–Kier alpha value is -1.24. The van der Waals surface area contributed by atoms with Gasteiger partial charge in [0, 0.05) is 43.5 Å². The van der Waals surface area contributed by atoms with E-state index in [2.05, 4.69) is 10.6 Å². The first-order chi connectivity index (χ1) is 10.7. The normalized spacial score (nSPS) is 21.0. The van der Waals surface area contributed by atoms with Gasteiger partial charge in [-0.05, 0) is 18.6 Å². The van der Waals surface area contributed by atoms with Crippen LogP contribution in [-0.4, -0.2) is 42.5 Å². The van der Waals surface area contributed by atoms with Crippen LogP contribution < -0.4 is 15.5 Å². The van der Waals surface area contributed by atoms with Crippen LogP contribution in [-0.2, 0) is 9.59 Å². The van der Waals surface area contributed by atoms with Gasteiger partial charge in [-0.2, -0.15) is 11.8 Å². The molecule has 2 N–H and O–H groups in total. The minimum absolute atomic E-state index is 0. The average molecular weight is 356 g/mol. The third kappa shape index (κ3) is 4.62. The summed E-state index contributed by atoms with van der Waals surface area (Å²) >= 11 is 1.88. The number of amides is 2. The minimum atomic E-state index is -0.000837. The highest BCUT2D eigenvalue weighted by molar-refractivity contribution is 7.99. The zero-order valence-electron chi connectivity index (χ0n) is 12.9. The predicted molar refractivity (Wildman–Crippen MR) is 97.6 cm³/mol. The second kappa shape index (κ2) is 8.57. The zero-order valence-corrected chi connectivity index (χ0v) is 14.5. The quantitative estimate of drug-likeness (QED) is 0.869. The van der Waals surface area contributed by atoms with Crippen molar-refractivity contribution in [2.45, 2.75) is 25.3 Å². The topological polar surface area (TPSA) is 61.4 Å². The van der Waals surface area contributed by atoms with E-state index < -0.39 is 0 Å². The Balaban J connectivity index is 0.00000192. The molecular formula is C16H22ClN3O2S. The van der Waals surface area contributed by atoms with E-state index in [1.165, 1.54) is 0 Å². The van der Waals surface area contributed by atoms with Crippen molar-refractivity contribution in [3.8, 4) is 0 Å². The van der Waals surface area contributed by atoms with Crippen LogP contribution in [0.2, 0.25) is 0 Å². The van der Waals surface area contributed by atoms with E-state index >= 15 is 0 Å². The van der Waals surface area contributed by atoms with E-state index in [1.807, 2.05) is 36.0 Å². The van der Waals surface area contributed by atoms with E-state index in [0.29, 0.717) is 12.8 Å². The van der Waals surface area contributed by atoms with Gasteiger partial charge in [-0.15, -0.1) is 12.4 Å². The number of nitrogens with zero attached hydrogens (tertiary/aromatic N) is 1. The number of para-hydroxylation sites is 2. The summed E-state index contributed by atoms with van der Waals surface area (Å²) in [5.74, 6) is 2.21. The summed E-state index contributed by atoms with van der Waals surface area (Å²) < 4.78 is 0. The van der Waals surface area contributed by atoms with E-state index in [4.69, 9.17) is 0 Å². The molecule has 0 saturated carbocycles. The Morgan fingerprint density at radius 1 is 1.39 bits per heavy atom. The van der Waals surface area contributed by atoms with Gasteiger partial charge in [0.15, 0.2) is 0 Å². The lowest BCUT2D eigenvalue weighted by molar-refractivity contribution is -0.117. The highest BCUT2D eigenvalue weighted by Gasteiger charge is 2.24. The Morgan fingerprint density at radius 3 is 2.91 bits per heavy atom. The SMILES string of the molecule is Cl.O=C(CC1CSCCN1)Nc1ccccc1N1CCCC1=O. The fourth-order valence-electron chi connectivity index (χ4n) is 2.89.